The number of ether oxygens (including phenoxy) is 2. The number of fused-ring (bicyclic) bond motifs is 1. The number of amides is 1. The Morgan fingerprint density at radius 3 is 2.86 bits per heavy atom. The summed E-state index contributed by atoms with van der Waals surface area (Å²) in [5.41, 5.74) is 0.500. The van der Waals surface area contributed by atoms with Crippen LogP contribution in [0, 0.1) is 0 Å². The number of hydrogen-bond acceptors (Lipinski definition) is 4. The van der Waals surface area contributed by atoms with E-state index in [1.165, 1.54) is 0 Å². The van der Waals surface area contributed by atoms with Crippen LogP contribution in [0.4, 0.5) is 0 Å². The summed E-state index contributed by atoms with van der Waals surface area (Å²) in [6.07, 6.45) is 0. The average molecular weight is 338 g/mol. The number of carbonyl (C=O) groups excluding carboxylic acids is 1. The largest absolute Gasteiger partial charge is 0.486 e. The first kappa shape index (κ1) is 15.2. The number of nitrogens with zero attached hydrogens (tertiary/aromatic N) is 1. The molecule has 1 atom stereocenters. The van der Waals surface area contributed by atoms with Crippen LogP contribution in [0.2, 0.25) is 5.02 Å². The van der Waals surface area contributed by atoms with E-state index >= 15 is 0 Å². The van der Waals surface area contributed by atoms with Gasteiger partial charge in [0, 0.05) is 17.5 Å². The molecule has 1 aromatic heterocycles. The van der Waals surface area contributed by atoms with Crippen molar-refractivity contribution in [2.45, 2.75) is 13.0 Å². The van der Waals surface area contributed by atoms with Crippen molar-refractivity contribution < 1.29 is 14.3 Å². The molecule has 0 N–H and O–H groups in total. The van der Waals surface area contributed by atoms with E-state index in [2.05, 4.69) is 0 Å². The lowest BCUT2D eigenvalue weighted by Crippen LogP contribution is -2.29. The molecule has 116 valence electrons. The summed E-state index contributed by atoms with van der Waals surface area (Å²) >= 11 is 7.83. The molecule has 4 nitrogen and oxygen atoms in total. The summed E-state index contributed by atoms with van der Waals surface area (Å²) in [6, 6.07) is 7.33. The molecule has 0 fully saturated rings. The van der Waals surface area contributed by atoms with Gasteiger partial charge in [-0.1, -0.05) is 17.7 Å². The summed E-state index contributed by atoms with van der Waals surface area (Å²) in [7, 11) is 1.79. The third kappa shape index (κ3) is 2.78. The minimum absolute atomic E-state index is 0.000485. The third-order valence-electron chi connectivity index (χ3n) is 3.70. The predicted molar refractivity (Wildman–Crippen MR) is 87.3 cm³/mol. The van der Waals surface area contributed by atoms with Crippen LogP contribution >= 0.6 is 22.9 Å². The standard InChI is InChI=1S/C16H16ClNO3S/c1-10(14-4-3-7-22-14)18(2)16(19)11-8-12(17)15-13(9-11)20-5-6-21-15/h3-4,7-10H,5-6H2,1-2H3. The van der Waals surface area contributed by atoms with Gasteiger partial charge in [0.1, 0.15) is 13.2 Å². The van der Waals surface area contributed by atoms with Crippen molar-refractivity contribution in [3.05, 3.63) is 45.1 Å². The molecule has 0 aliphatic carbocycles. The Balaban J connectivity index is 1.87. The van der Waals surface area contributed by atoms with E-state index in [0.29, 0.717) is 35.3 Å². The van der Waals surface area contributed by atoms with Crippen LogP contribution in [0.3, 0.4) is 0 Å². The molecule has 3 rings (SSSR count). The lowest BCUT2D eigenvalue weighted by atomic mass is 10.1. The summed E-state index contributed by atoms with van der Waals surface area (Å²) in [4.78, 5) is 15.5. The minimum Gasteiger partial charge on any atom is -0.486 e. The molecule has 1 aliphatic rings. The van der Waals surface area contributed by atoms with Crippen molar-refractivity contribution in [2.75, 3.05) is 20.3 Å². The normalized spacial score (nSPS) is 14.5. The lowest BCUT2D eigenvalue weighted by molar-refractivity contribution is 0.0744. The Morgan fingerprint density at radius 2 is 2.14 bits per heavy atom. The lowest BCUT2D eigenvalue weighted by Gasteiger charge is -2.25. The number of hydrogen-bond donors (Lipinski definition) is 0. The highest BCUT2D eigenvalue weighted by atomic mass is 35.5. The number of thiophene rings is 1. The Bertz CT molecular complexity index is 687. The number of halogens is 1. The maximum atomic E-state index is 12.7. The highest BCUT2D eigenvalue weighted by Gasteiger charge is 2.23. The van der Waals surface area contributed by atoms with Crippen LogP contribution in [0.15, 0.2) is 29.6 Å². The fraction of sp³-hybridized carbons (Fsp3) is 0.312. The molecule has 1 aromatic carbocycles. The van der Waals surface area contributed by atoms with Crippen LogP contribution in [0.1, 0.15) is 28.2 Å². The van der Waals surface area contributed by atoms with Crippen molar-refractivity contribution in [2.24, 2.45) is 0 Å². The van der Waals surface area contributed by atoms with Crippen molar-refractivity contribution in [3.8, 4) is 11.5 Å². The third-order valence-corrected chi connectivity index (χ3v) is 5.02. The quantitative estimate of drug-likeness (QED) is 0.849. The van der Waals surface area contributed by atoms with Crippen LogP contribution in [-0.2, 0) is 0 Å². The zero-order valence-electron chi connectivity index (χ0n) is 12.3. The van der Waals surface area contributed by atoms with E-state index in [-0.39, 0.29) is 11.9 Å². The van der Waals surface area contributed by atoms with Gasteiger partial charge in [-0.3, -0.25) is 4.79 Å². The second-order valence-electron chi connectivity index (χ2n) is 5.09. The molecule has 1 unspecified atom stereocenters. The Labute approximate surface area is 138 Å². The topological polar surface area (TPSA) is 38.8 Å². The molecule has 0 radical (unpaired) electrons. The van der Waals surface area contributed by atoms with E-state index in [0.717, 1.165) is 4.88 Å². The van der Waals surface area contributed by atoms with Crippen LogP contribution in [0.25, 0.3) is 0 Å². The zero-order valence-corrected chi connectivity index (χ0v) is 13.9. The fourth-order valence-corrected chi connectivity index (χ4v) is 3.43. The van der Waals surface area contributed by atoms with Gasteiger partial charge in [0.25, 0.3) is 5.91 Å². The van der Waals surface area contributed by atoms with Gasteiger partial charge in [-0.25, -0.2) is 0 Å². The molecule has 22 heavy (non-hydrogen) atoms. The molecule has 0 saturated heterocycles. The highest BCUT2D eigenvalue weighted by molar-refractivity contribution is 7.10. The van der Waals surface area contributed by atoms with Crippen LogP contribution in [0.5, 0.6) is 11.5 Å². The maximum absolute atomic E-state index is 12.7. The van der Waals surface area contributed by atoms with Gasteiger partial charge < -0.3 is 14.4 Å². The van der Waals surface area contributed by atoms with Crippen molar-refractivity contribution in [1.29, 1.82) is 0 Å². The molecular formula is C16H16ClNO3S. The van der Waals surface area contributed by atoms with Crippen LogP contribution in [-0.4, -0.2) is 31.1 Å². The van der Waals surface area contributed by atoms with Crippen LogP contribution < -0.4 is 9.47 Å². The van der Waals surface area contributed by atoms with Crippen molar-refractivity contribution in [1.82, 2.24) is 4.90 Å². The zero-order chi connectivity index (χ0) is 15.7. The van der Waals surface area contributed by atoms with Gasteiger partial charge in [0.15, 0.2) is 11.5 Å². The van der Waals surface area contributed by atoms with Gasteiger partial charge >= 0.3 is 0 Å². The number of rotatable bonds is 3. The molecule has 0 saturated carbocycles. The van der Waals surface area contributed by atoms with Crippen molar-refractivity contribution >= 4 is 28.8 Å². The number of carbonyl (C=O) groups is 1. The van der Waals surface area contributed by atoms with E-state index in [1.54, 1.807) is 35.4 Å². The molecule has 0 bridgehead atoms. The van der Waals surface area contributed by atoms with E-state index < -0.39 is 0 Å². The molecule has 2 aromatic rings. The Morgan fingerprint density at radius 1 is 1.36 bits per heavy atom. The Hall–Kier alpha value is -1.72. The highest BCUT2D eigenvalue weighted by Crippen LogP contribution is 2.39. The van der Waals surface area contributed by atoms with E-state index in [1.807, 2.05) is 24.4 Å². The van der Waals surface area contributed by atoms with Gasteiger partial charge in [0.2, 0.25) is 0 Å². The molecule has 6 heteroatoms. The fourth-order valence-electron chi connectivity index (χ4n) is 2.33. The van der Waals surface area contributed by atoms with Gasteiger partial charge in [-0.15, -0.1) is 11.3 Å². The average Bonchev–Trinajstić information content (AvgIpc) is 3.07. The Kier molecular flexibility index (Phi) is 4.27. The smallest absolute Gasteiger partial charge is 0.254 e. The van der Waals surface area contributed by atoms with E-state index in [9.17, 15) is 4.79 Å². The monoisotopic (exact) mass is 337 g/mol. The van der Waals surface area contributed by atoms with Gasteiger partial charge in [-0.05, 0) is 30.5 Å². The SMILES string of the molecule is CC(c1cccs1)N(C)C(=O)c1cc(Cl)c2c(c1)OCCO2. The summed E-state index contributed by atoms with van der Waals surface area (Å²) in [6.45, 7) is 2.93. The first-order valence-corrected chi connectivity index (χ1v) is 8.23. The second-order valence-corrected chi connectivity index (χ2v) is 6.48. The van der Waals surface area contributed by atoms with Gasteiger partial charge in [-0.2, -0.15) is 0 Å². The molecule has 1 aliphatic heterocycles. The van der Waals surface area contributed by atoms with Crippen molar-refractivity contribution in [3.63, 3.8) is 0 Å². The molecule has 2 heterocycles. The first-order chi connectivity index (χ1) is 10.6. The van der Waals surface area contributed by atoms with E-state index in [4.69, 9.17) is 21.1 Å². The summed E-state index contributed by atoms with van der Waals surface area (Å²) in [5.74, 6) is 0.942. The van der Waals surface area contributed by atoms with Gasteiger partial charge in [0.05, 0.1) is 11.1 Å². The predicted octanol–water partition coefficient (Wildman–Crippen LogP) is 4.01. The minimum atomic E-state index is -0.0974. The molecule has 0 spiro atoms. The molecule has 1 amide bonds. The summed E-state index contributed by atoms with van der Waals surface area (Å²) in [5, 5.41) is 2.41. The maximum Gasteiger partial charge on any atom is 0.254 e. The summed E-state index contributed by atoms with van der Waals surface area (Å²) < 4.78 is 11.0. The second kappa shape index (κ2) is 6.18. The molecular weight excluding hydrogens is 322 g/mol. The first-order valence-electron chi connectivity index (χ1n) is 6.97. The number of benzene rings is 1.